The Morgan fingerprint density at radius 3 is 2.60 bits per heavy atom. The molecule has 0 amide bonds. The van der Waals surface area contributed by atoms with E-state index >= 15 is 0 Å². The Kier molecular flexibility index (Phi) is 2.93. The topological polar surface area (TPSA) is 52.0 Å². The molecule has 0 radical (unpaired) electrons. The average molecular weight is 313 g/mol. The predicted molar refractivity (Wildman–Crippen MR) is 79.8 cm³/mol. The van der Waals surface area contributed by atoms with Gasteiger partial charge in [-0.25, -0.2) is 13.4 Å². The van der Waals surface area contributed by atoms with E-state index in [4.69, 9.17) is 11.6 Å². The zero-order valence-corrected chi connectivity index (χ0v) is 13.3. The Bertz CT molecular complexity index is 793. The van der Waals surface area contributed by atoms with E-state index in [9.17, 15) is 8.42 Å². The summed E-state index contributed by atoms with van der Waals surface area (Å²) in [6, 6.07) is 5.63. The molecule has 20 heavy (non-hydrogen) atoms. The number of para-hydroxylation sites is 1. The summed E-state index contributed by atoms with van der Waals surface area (Å²) in [4.78, 5) is 4.75. The molecule has 0 spiro atoms. The van der Waals surface area contributed by atoms with Crippen LogP contribution in [0, 0.1) is 5.41 Å². The smallest absolute Gasteiger partial charge is 0.177 e. The summed E-state index contributed by atoms with van der Waals surface area (Å²) in [6.45, 7) is 4.39. The fourth-order valence-corrected chi connectivity index (χ4v) is 3.78. The Morgan fingerprint density at radius 2 is 2.10 bits per heavy atom. The van der Waals surface area contributed by atoms with Gasteiger partial charge in [0, 0.05) is 12.3 Å². The van der Waals surface area contributed by atoms with E-state index in [1.165, 1.54) is 6.26 Å². The summed E-state index contributed by atoms with van der Waals surface area (Å²) in [5, 5.41) is 0. The van der Waals surface area contributed by atoms with Gasteiger partial charge in [0.25, 0.3) is 0 Å². The third kappa shape index (κ3) is 2.04. The molecule has 2 aromatic rings. The molecule has 0 saturated heterocycles. The van der Waals surface area contributed by atoms with Crippen molar-refractivity contribution in [3.8, 4) is 0 Å². The zero-order valence-electron chi connectivity index (χ0n) is 11.7. The SMILES string of the molecule is CC1(C)CC1n1c(CCl)nc2c(S(C)(=O)=O)cccc21. The van der Waals surface area contributed by atoms with E-state index in [1.54, 1.807) is 12.1 Å². The van der Waals surface area contributed by atoms with Crippen molar-refractivity contribution in [2.24, 2.45) is 5.41 Å². The van der Waals surface area contributed by atoms with Gasteiger partial charge in [-0.05, 0) is 24.0 Å². The van der Waals surface area contributed by atoms with Crippen molar-refractivity contribution < 1.29 is 8.42 Å². The third-order valence-corrected chi connectivity index (χ3v) is 5.42. The lowest BCUT2D eigenvalue weighted by atomic mass is 10.2. The van der Waals surface area contributed by atoms with Crippen LogP contribution < -0.4 is 0 Å². The summed E-state index contributed by atoms with van der Waals surface area (Å²) in [5.41, 5.74) is 1.61. The van der Waals surface area contributed by atoms with Gasteiger partial charge in [-0.15, -0.1) is 11.6 Å². The second-order valence-corrected chi connectivity index (χ2v) is 8.39. The van der Waals surface area contributed by atoms with Crippen LogP contribution in [-0.2, 0) is 15.7 Å². The summed E-state index contributed by atoms with van der Waals surface area (Å²) in [5.74, 6) is 1.03. The van der Waals surface area contributed by atoms with E-state index in [2.05, 4.69) is 23.4 Å². The lowest BCUT2D eigenvalue weighted by Gasteiger charge is -2.09. The summed E-state index contributed by atoms with van der Waals surface area (Å²) >= 11 is 6.00. The maximum Gasteiger partial charge on any atom is 0.177 e. The number of fused-ring (bicyclic) bond motifs is 1. The van der Waals surface area contributed by atoms with Crippen LogP contribution in [0.15, 0.2) is 23.1 Å². The summed E-state index contributed by atoms with van der Waals surface area (Å²) in [7, 11) is -3.29. The van der Waals surface area contributed by atoms with Crippen LogP contribution in [0.4, 0.5) is 0 Å². The molecule has 1 saturated carbocycles. The molecule has 4 nitrogen and oxygen atoms in total. The molecule has 3 rings (SSSR count). The number of sulfone groups is 1. The summed E-state index contributed by atoms with van der Waals surface area (Å²) < 4.78 is 25.9. The van der Waals surface area contributed by atoms with Crippen LogP contribution >= 0.6 is 11.6 Å². The summed E-state index contributed by atoms with van der Waals surface area (Å²) in [6.07, 6.45) is 2.27. The molecule has 1 atom stereocenters. The quantitative estimate of drug-likeness (QED) is 0.818. The Labute approximate surface area is 123 Å². The van der Waals surface area contributed by atoms with Crippen LogP contribution in [0.2, 0.25) is 0 Å². The van der Waals surface area contributed by atoms with Gasteiger partial charge in [0.05, 0.1) is 16.3 Å². The molecule has 6 heteroatoms. The van der Waals surface area contributed by atoms with E-state index < -0.39 is 9.84 Å². The molecule has 1 aromatic heterocycles. The number of rotatable bonds is 3. The van der Waals surface area contributed by atoms with Crippen LogP contribution in [-0.4, -0.2) is 24.2 Å². The minimum Gasteiger partial charge on any atom is -0.323 e. The van der Waals surface area contributed by atoms with Gasteiger partial charge >= 0.3 is 0 Å². The number of aromatic nitrogens is 2. The average Bonchev–Trinajstić information content (AvgIpc) is 2.83. The van der Waals surface area contributed by atoms with Crippen LogP contribution in [0.3, 0.4) is 0 Å². The van der Waals surface area contributed by atoms with Gasteiger partial charge in [0.2, 0.25) is 0 Å². The molecular formula is C14H17ClN2O2S. The molecule has 108 valence electrons. The standard InChI is InChI=1S/C14H17ClN2O2S/c1-14(2)7-11(14)17-9-5-4-6-10(20(3,18)19)13(9)16-12(17)8-15/h4-6,11H,7-8H2,1-3H3. The highest BCUT2D eigenvalue weighted by Gasteiger charge is 2.48. The number of benzene rings is 1. The van der Waals surface area contributed by atoms with Crippen molar-refractivity contribution in [1.29, 1.82) is 0 Å². The van der Waals surface area contributed by atoms with Crippen molar-refractivity contribution in [2.45, 2.75) is 37.1 Å². The lowest BCUT2D eigenvalue weighted by Crippen LogP contribution is -2.04. The molecule has 1 heterocycles. The number of hydrogen-bond donors (Lipinski definition) is 0. The monoisotopic (exact) mass is 312 g/mol. The first-order chi connectivity index (χ1) is 9.25. The van der Waals surface area contributed by atoms with Gasteiger partial charge in [0.15, 0.2) is 9.84 Å². The number of hydrogen-bond acceptors (Lipinski definition) is 3. The van der Waals surface area contributed by atoms with Gasteiger partial charge in [0.1, 0.15) is 11.3 Å². The molecule has 1 unspecified atom stereocenters. The Balaban J connectivity index is 2.31. The fraction of sp³-hybridized carbons (Fsp3) is 0.500. The van der Waals surface area contributed by atoms with E-state index in [-0.39, 0.29) is 16.2 Å². The molecule has 1 aliphatic rings. The molecule has 1 aromatic carbocycles. The van der Waals surface area contributed by atoms with E-state index in [0.717, 1.165) is 17.8 Å². The fourth-order valence-electron chi connectivity index (χ4n) is 2.76. The first kappa shape index (κ1) is 13.9. The Hall–Kier alpha value is -1.07. The van der Waals surface area contributed by atoms with Gasteiger partial charge in [-0.1, -0.05) is 19.9 Å². The number of nitrogens with zero attached hydrogens (tertiary/aromatic N) is 2. The van der Waals surface area contributed by atoms with E-state index in [0.29, 0.717) is 11.6 Å². The second kappa shape index (κ2) is 4.21. The van der Waals surface area contributed by atoms with Gasteiger partial charge in [-0.2, -0.15) is 0 Å². The largest absolute Gasteiger partial charge is 0.323 e. The van der Waals surface area contributed by atoms with E-state index in [1.807, 2.05) is 6.07 Å². The van der Waals surface area contributed by atoms with Gasteiger partial charge < -0.3 is 4.57 Å². The molecule has 1 fully saturated rings. The molecule has 1 aliphatic carbocycles. The van der Waals surface area contributed by atoms with Crippen molar-refractivity contribution in [3.05, 3.63) is 24.0 Å². The maximum absolute atomic E-state index is 11.9. The number of imidazole rings is 1. The molecule has 0 bridgehead atoms. The first-order valence-corrected chi connectivity index (χ1v) is 8.94. The number of halogens is 1. The lowest BCUT2D eigenvalue weighted by molar-refractivity contribution is 0.540. The highest BCUT2D eigenvalue weighted by atomic mass is 35.5. The van der Waals surface area contributed by atoms with Crippen molar-refractivity contribution in [1.82, 2.24) is 9.55 Å². The van der Waals surface area contributed by atoms with Crippen molar-refractivity contribution in [2.75, 3.05) is 6.26 Å². The first-order valence-electron chi connectivity index (χ1n) is 6.51. The second-order valence-electron chi connectivity index (χ2n) is 6.14. The molecular weight excluding hydrogens is 296 g/mol. The van der Waals surface area contributed by atoms with Crippen molar-refractivity contribution >= 4 is 32.5 Å². The highest BCUT2D eigenvalue weighted by molar-refractivity contribution is 7.91. The zero-order chi connectivity index (χ0) is 14.7. The minimum absolute atomic E-state index is 0.218. The van der Waals surface area contributed by atoms with Crippen LogP contribution in [0.25, 0.3) is 11.0 Å². The Morgan fingerprint density at radius 1 is 1.45 bits per heavy atom. The number of alkyl halides is 1. The highest BCUT2D eigenvalue weighted by Crippen LogP contribution is 2.56. The molecule has 0 aliphatic heterocycles. The third-order valence-electron chi connectivity index (χ3n) is 4.05. The minimum atomic E-state index is -3.29. The van der Waals surface area contributed by atoms with Crippen LogP contribution in [0.5, 0.6) is 0 Å². The normalized spacial score (nSPS) is 21.3. The molecule has 0 N–H and O–H groups in total. The van der Waals surface area contributed by atoms with Crippen LogP contribution in [0.1, 0.15) is 32.1 Å². The van der Waals surface area contributed by atoms with Gasteiger partial charge in [-0.3, -0.25) is 0 Å². The van der Waals surface area contributed by atoms with Crippen molar-refractivity contribution in [3.63, 3.8) is 0 Å². The predicted octanol–water partition coefficient (Wildman–Crippen LogP) is 3.15. The maximum atomic E-state index is 11.9.